The summed E-state index contributed by atoms with van der Waals surface area (Å²) in [5.74, 6) is 0. The predicted octanol–water partition coefficient (Wildman–Crippen LogP) is 1.77. The molecule has 19 heavy (non-hydrogen) atoms. The van der Waals surface area contributed by atoms with E-state index in [-0.39, 0.29) is 6.61 Å². The van der Waals surface area contributed by atoms with E-state index in [1.165, 1.54) is 0 Å². The molecule has 0 spiro atoms. The molecule has 1 N–H and O–H groups in total. The number of rotatable bonds is 4. The van der Waals surface area contributed by atoms with E-state index in [4.69, 9.17) is 5.11 Å². The van der Waals surface area contributed by atoms with Crippen molar-refractivity contribution in [2.75, 3.05) is 44.2 Å². The number of carbonyl (C=O) groups excluding carboxylic acids is 1. The van der Waals surface area contributed by atoms with Crippen molar-refractivity contribution in [3.05, 3.63) is 28.2 Å². The molecule has 1 fully saturated rings. The van der Waals surface area contributed by atoms with E-state index in [2.05, 4.69) is 25.7 Å². The van der Waals surface area contributed by atoms with Crippen molar-refractivity contribution >= 4 is 27.9 Å². The molecule has 0 aromatic heterocycles. The maximum absolute atomic E-state index is 10.8. The molecule has 0 amide bonds. The van der Waals surface area contributed by atoms with Crippen molar-refractivity contribution in [1.29, 1.82) is 0 Å². The van der Waals surface area contributed by atoms with Crippen LogP contribution in [0.15, 0.2) is 22.7 Å². The topological polar surface area (TPSA) is 43.8 Å². The van der Waals surface area contributed by atoms with Gasteiger partial charge in [-0.25, -0.2) is 0 Å². The van der Waals surface area contributed by atoms with Crippen LogP contribution < -0.4 is 4.90 Å². The van der Waals surface area contributed by atoms with E-state index in [0.717, 1.165) is 55.6 Å². The normalized spacial score (nSPS) is 17.3. The molecule has 1 saturated heterocycles. The van der Waals surface area contributed by atoms with Crippen LogP contribution in [0.4, 0.5) is 5.69 Å². The van der Waals surface area contributed by atoms with Crippen LogP contribution in [0.5, 0.6) is 0 Å². The maximum Gasteiger partial charge on any atom is 0.151 e. The van der Waals surface area contributed by atoms with Gasteiger partial charge in [0, 0.05) is 41.9 Å². The molecule has 5 heteroatoms. The van der Waals surface area contributed by atoms with Crippen molar-refractivity contribution in [3.63, 3.8) is 0 Å². The lowest BCUT2D eigenvalue weighted by Crippen LogP contribution is -2.32. The number of hydrogen-bond donors (Lipinski definition) is 1. The Morgan fingerprint density at radius 3 is 2.79 bits per heavy atom. The highest BCUT2D eigenvalue weighted by molar-refractivity contribution is 9.10. The molecule has 1 aromatic rings. The number of hydrogen-bond acceptors (Lipinski definition) is 4. The van der Waals surface area contributed by atoms with E-state index in [0.29, 0.717) is 5.56 Å². The molecule has 2 rings (SSSR count). The number of anilines is 1. The lowest BCUT2D eigenvalue weighted by atomic mass is 10.2. The molecule has 4 nitrogen and oxygen atoms in total. The van der Waals surface area contributed by atoms with Crippen LogP contribution >= 0.6 is 15.9 Å². The summed E-state index contributed by atoms with van der Waals surface area (Å²) in [6, 6.07) is 5.85. The molecule has 0 aliphatic carbocycles. The number of aliphatic hydroxyl groups is 1. The summed E-state index contributed by atoms with van der Waals surface area (Å²) in [4.78, 5) is 15.4. The fourth-order valence-corrected chi connectivity index (χ4v) is 2.86. The lowest BCUT2D eigenvalue weighted by molar-refractivity contribution is 0.112. The highest BCUT2D eigenvalue weighted by atomic mass is 79.9. The van der Waals surface area contributed by atoms with Gasteiger partial charge in [0.25, 0.3) is 0 Å². The second-order valence-electron chi connectivity index (χ2n) is 4.73. The van der Waals surface area contributed by atoms with E-state index >= 15 is 0 Å². The number of benzene rings is 1. The Kier molecular flexibility index (Phi) is 5.36. The van der Waals surface area contributed by atoms with Crippen LogP contribution in [0.3, 0.4) is 0 Å². The Morgan fingerprint density at radius 2 is 2.11 bits per heavy atom. The van der Waals surface area contributed by atoms with Crippen LogP contribution in [0.25, 0.3) is 0 Å². The zero-order chi connectivity index (χ0) is 13.7. The molecule has 1 aliphatic heterocycles. The van der Waals surface area contributed by atoms with Gasteiger partial charge >= 0.3 is 0 Å². The average Bonchev–Trinajstić information content (AvgIpc) is 2.65. The number of halogens is 1. The van der Waals surface area contributed by atoms with Crippen LogP contribution in [0.2, 0.25) is 0 Å². The summed E-state index contributed by atoms with van der Waals surface area (Å²) in [6.45, 7) is 4.93. The zero-order valence-corrected chi connectivity index (χ0v) is 12.5. The third-order valence-electron chi connectivity index (χ3n) is 3.48. The van der Waals surface area contributed by atoms with Gasteiger partial charge in [0.15, 0.2) is 6.29 Å². The molecular formula is C14H19BrN2O2. The van der Waals surface area contributed by atoms with Crippen molar-refractivity contribution in [2.45, 2.75) is 6.42 Å². The van der Waals surface area contributed by atoms with E-state index in [1.807, 2.05) is 18.2 Å². The van der Waals surface area contributed by atoms with Gasteiger partial charge in [0.2, 0.25) is 0 Å². The SMILES string of the molecule is O=Cc1ccc(N2CCCN(CCO)CC2)cc1Br. The zero-order valence-electron chi connectivity index (χ0n) is 10.9. The van der Waals surface area contributed by atoms with Gasteiger partial charge in [-0.05, 0) is 47.1 Å². The van der Waals surface area contributed by atoms with Crippen LogP contribution in [0.1, 0.15) is 16.8 Å². The van der Waals surface area contributed by atoms with E-state index in [9.17, 15) is 4.79 Å². The summed E-state index contributed by atoms with van der Waals surface area (Å²) in [5, 5.41) is 8.99. The fourth-order valence-electron chi connectivity index (χ4n) is 2.40. The first-order valence-corrected chi connectivity index (χ1v) is 7.37. The minimum atomic E-state index is 0.222. The van der Waals surface area contributed by atoms with Crippen molar-refractivity contribution in [3.8, 4) is 0 Å². The summed E-state index contributed by atoms with van der Waals surface area (Å²) in [7, 11) is 0. The van der Waals surface area contributed by atoms with Gasteiger partial charge < -0.3 is 10.0 Å². The van der Waals surface area contributed by atoms with Gasteiger partial charge in [0.05, 0.1) is 6.61 Å². The Bertz CT molecular complexity index is 439. The van der Waals surface area contributed by atoms with E-state index < -0.39 is 0 Å². The monoisotopic (exact) mass is 326 g/mol. The smallest absolute Gasteiger partial charge is 0.151 e. The highest BCUT2D eigenvalue weighted by Crippen LogP contribution is 2.24. The molecule has 0 radical (unpaired) electrons. The first-order valence-electron chi connectivity index (χ1n) is 6.57. The predicted molar refractivity (Wildman–Crippen MR) is 79.9 cm³/mol. The lowest BCUT2D eigenvalue weighted by Gasteiger charge is -2.23. The second-order valence-corrected chi connectivity index (χ2v) is 5.58. The summed E-state index contributed by atoms with van der Waals surface area (Å²) in [6.07, 6.45) is 1.95. The standard InChI is InChI=1S/C14H19BrN2O2/c15-14-10-13(3-2-12(14)11-19)17-5-1-4-16(6-7-17)8-9-18/h2-3,10-11,18H,1,4-9H2. The molecular weight excluding hydrogens is 308 g/mol. The average molecular weight is 327 g/mol. The first kappa shape index (κ1) is 14.5. The third-order valence-corrected chi connectivity index (χ3v) is 4.17. The minimum absolute atomic E-state index is 0.222. The Balaban J connectivity index is 2.05. The van der Waals surface area contributed by atoms with Crippen LogP contribution in [-0.4, -0.2) is 55.6 Å². The number of aldehydes is 1. The van der Waals surface area contributed by atoms with Gasteiger partial charge in [-0.1, -0.05) is 0 Å². The van der Waals surface area contributed by atoms with Gasteiger partial charge in [-0.15, -0.1) is 0 Å². The quantitative estimate of drug-likeness (QED) is 0.856. The minimum Gasteiger partial charge on any atom is -0.395 e. The maximum atomic E-state index is 10.8. The Morgan fingerprint density at radius 1 is 1.26 bits per heavy atom. The molecule has 1 aliphatic rings. The first-order chi connectivity index (χ1) is 9.24. The summed E-state index contributed by atoms with van der Waals surface area (Å²) < 4.78 is 0.844. The van der Waals surface area contributed by atoms with Crippen molar-refractivity contribution in [1.82, 2.24) is 4.90 Å². The largest absolute Gasteiger partial charge is 0.395 e. The molecule has 0 bridgehead atoms. The van der Waals surface area contributed by atoms with Gasteiger partial charge in [-0.3, -0.25) is 9.69 Å². The number of carbonyl (C=O) groups is 1. The van der Waals surface area contributed by atoms with Gasteiger partial charge in [-0.2, -0.15) is 0 Å². The number of nitrogens with zero attached hydrogens (tertiary/aromatic N) is 2. The molecule has 1 heterocycles. The van der Waals surface area contributed by atoms with E-state index in [1.54, 1.807) is 0 Å². The molecule has 0 saturated carbocycles. The van der Waals surface area contributed by atoms with Crippen molar-refractivity contribution in [2.24, 2.45) is 0 Å². The summed E-state index contributed by atoms with van der Waals surface area (Å²) >= 11 is 3.43. The van der Waals surface area contributed by atoms with Crippen molar-refractivity contribution < 1.29 is 9.90 Å². The van der Waals surface area contributed by atoms with Gasteiger partial charge in [0.1, 0.15) is 0 Å². The number of aliphatic hydroxyl groups excluding tert-OH is 1. The molecule has 0 unspecified atom stereocenters. The summed E-state index contributed by atoms with van der Waals surface area (Å²) in [5.41, 5.74) is 1.82. The van der Waals surface area contributed by atoms with Crippen LogP contribution in [0, 0.1) is 0 Å². The Labute approximate surface area is 122 Å². The Hall–Kier alpha value is -0.910. The number of β-amino-alcohol motifs (C(OH)–C–C–N with tert-alkyl or cyclic N) is 1. The third kappa shape index (κ3) is 3.78. The second kappa shape index (κ2) is 7.03. The van der Waals surface area contributed by atoms with Crippen LogP contribution in [-0.2, 0) is 0 Å². The molecule has 104 valence electrons. The highest BCUT2D eigenvalue weighted by Gasteiger charge is 2.15. The molecule has 1 aromatic carbocycles. The molecule has 0 atom stereocenters. The fraction of sp³-hybridized carbons (Fsp3) is 0.500.